The van der Waals surface area contributed by atoms with Crippen LogP contribution < -0.4 is 5.32 Å². The molecule has 0 aliphatic rings. The maximum atomic E-state index is 4.33. The molecular weight excluding hydrogens is 358 g/mol. The highest BCUT2D eigenvalue weighted by Gasteiger charge is 2.08. The third kappa shape index (κ3) is 3.59. The predicted octanol–water partition coefficient (Wildman–Crippen LogP) is 6.34. The first kappa shape index (κ1) is 17.1. The van der Waals surface area contributed by atoms with Crippen LogP contribution in [0, 0.1) is 13.8 Å². The summed E-state index contributed by atoms with van der Waals surface area (Å²) in [6, 6.07) is 21.2. The third-order valence-electron chi connectivity index (χ3n) is 4.48. The average Bonchev–Trinajstić information content (AvgIpc) is 3.11. The number of thioether (sulfide) groups is 1. The van der Waals surface area contributed by atoms with Crippen molar-refractivity contribution in [3.63, 3.8) is 0 Å². The molecule has 5 heteroatoms. The van der Waals surface area contributed by atoms with Crippen LogP contribution in [-0.4, -0.2) is 10.2 Å². The summed E-state index contributed by atoms with van der Waals surface area (Å²) in [5, 5.41) is 15.4. The Morgan fingerprint density at radius 3 is 2.65 bits per heavy atom. The van der Waals surface area contributed by atoms with Gasteiger partial charge in [-0.1, -0.05) is 77.7 Å². The third-order valence-corrected chi connectivity index (χ3v) is 6.50. The van der Waals surface area contributed by atoms with Gasteiger partial charge in [0.1, 0.15) is 0 Å². The maximum absolute atomic E-state index is 4.33. The van der Waals surface area contributed by atoms with E-state index in [1.165, 1.54) is 27.5 Å². The van der Waals surface area contributed by atoms with Crippen molar-refractivity contribution >= 4 is 44.7 Å². The second-order valence-corrected chi connectivity index (χ2v) is 8.37. The van der Waals surface area contributed by atoms with Crippen LogP contribution in [0.3, 0.4) is 0 Å². The summed E-state index contributed by atoms with van der Waals surface area (Å²) in [6.45, 7) is 4.24. The van der Waals surface area contributed by atoms with E-state index in [4.69, 9.17) is 0 Å². The Morgan fingerprint density at radius 2 is 1.73 bits per heavy atom. The van der Waals surface area contributed by atoms with Gasteiger partial charge in [0.05, 0.1) is 0 Å². The van der Waals surface area contributed by atoms with Crippen molar-refractivity contribution in [2.75, 3.05) is 5.32 Å². The smallest absolute Gasteiger partial charge is 0.210 e. The van der Waals surface area contributed by atoms with E-state index in [-0.39, 0.29) is 0 Å². The molecule has 0 fully saturated rings. The Balaban J connectivity index is 1.48. The van der Waals surface area contributed by atoms with Crippen molar-refractivity contribution in [3.8, 4) is 0 Å². The fraction of sp³-hybridized carbons (Fsp3) is 0.143. The standard InChI is InChI=1S/C21H19N3S2/c1-14-7-5-12-19(15(14)2)22-20-23-24-21(26-20)25-13-17-10-6-9-16-8-3-4-11-18(16)17/h3-12H,13H2,1-2H3,(H,22,23). The Kier molecular flexibility index (Phi) is 4.91. The quantitative estimate of drug-likeness (QED) is 0.412. The van der Waals surface area contributed by atoms with E-state index in [0.717, 1.165) is 20.9 Å². The van der Waals surface area contributed by atoms with Crippen molar-refractivity contribution in [2.24, 2.45) is 0 Å². The highest BCUT2D eigenvalue weighted by Crippen LogP contribution is 2.32. The van der Waals surface area contributed by atoms with Gasteiger partial charge in [0, 0.05) is 11.4 Å². The summed E-state index contributed by atoms with van der Waals surface area (Å²) >= 11 is 3.33. The molecule has 4 rings (SSSR count). The molecule has 1 N–H and O–H groups in total. The molecule has 0 saturated heterocycles. The monoisotopic (exact) mass is 377 g/mol. The summed E-state index contributed by atoms with van der Waals surface area (Å²) in [7, 11) is 0. The lowest BCUT2D eigenvalue weighted by molar-refractivity contribution is 1.01. The molecule has 0 bridgehead atoms. The number of nitrogens with one attached hydrogen (secondary N) is 1. The number of benzene rings is 3. The number of aromatic nitrogens is 2. The zero-order chi connectivity index (χ0) is 17.9. The normalized spacial score (nSPS) is 11.0. The second-order valence-electron chi connectivity index (χ2n) is 6.17. The first-order chi connectivity index (χ1) is 12.7. The van der Waals surface area contributed by atoms with E-state index in [9.17, 15) is 0 Å². The molecule has 4 aromatic rings. The number of anilines is 2. The number of fused-ring (bicyclic) bond motifs is 1. The number of nitrogens with zero attached hydrogens (tertiary/aromatic N) is 2. The number of hydrogen-bond donors (Lipinski definition) is 1. The largest absolute Gasteiger partial charge is 0.330 e. The van der Waals surface area contributed by atoms with Crippen molar-refractivity contribution in [1.82, 2.24) is 10.2 Å². The summed E-state index contributed by atoms with van der Waals surface area (Å²) < 4.78 is 0.978. The van der Waals surface area contributed by atoms with Gasteiger partial charge >= 0.3 is 0 Å². The Hall–Kier alpha value is -2.37. The summed E-state index contributed by atoms with van der Waals surface area (Å²) in [5.41, 5.74) is 4.93. The van der Waals surface area contributed by atoms with E-state index in [2.05, 4.69) is 90.0 Å². The molecule has 0 saturated carbocycles. The van der Waals surface area contributed by atoms with Crippen molar-refractivity contribution in [3.05, 3.63) is 77.4 Å². The maximum Gasteiger partial charge on any atom is 0.210 e. The highest BCUT2D eigenvalue weighted by molar-refractivity contribution is 8.00. The Morgan fingerprint density at radius 1 is 0.923 bits per heavy atom. The molecule has 0 unspecified atom stereocenters. The second kappa shape index (κ2) is 7.48. The van der Waals surface area contributed by atoms with Gasteiger partial charge in [-0.2, -0.15) is 0 Å². The predicted molar refractivity (Wildman–Crippen MR) is 113 cm³/mol. The fourth-order valence-electron chi connectivity index (χ4n) is 2.88. The van der Waals surface area contributed by atoms with Gasteiger partial charge in [-0.3, -0.25) is 0 Å². The molecule has 0 aliphatic heterocycles. The first-order valence-electron chi connectivity index (χ1n) is 8.47. The van der Waals surface area contributed by atoms with Gasteiger partial charge in [-0.05, 0) is 47.4 Å². The molecule has 0 aliphatic carbocycles. The lowest BCUT2D eigenvalue weighted by Crippen LogP contribution is -1.94. The molecule has 0 atom stereocenters. The number of hydrogen-bond acceptors (Lipinski definition) is 5. The molecule has 0 radical (unpaired) electrons. The van der Waals surface area contributed by atoms with Crippen LogP contribution >= 0.6 is 23.1 Å². The summed E-state index contributed by atoms with van der Waals surface area (Å²) in [6.07, 6.45) is 0. The zero-order valence-corrected chi connectivity index (χ0v) is 16.3. The van der Waals surface area contributed by atoms with Crippen LogP contribution in [0.4, 0.5) is 10.8 Å². The SMILES string of the molecule is Cc1cccc(Nc2nnc(SCc3cccc4ccccc34)s2)c1C. The van der Waals surface area contributed by atoms with Crippen LogP contribution in [0.2, 0.25) is 0 Å². The molecule has 1 aromatic heterocycles. The molecular formula is C21H19N3S2. The van der Waals surface area contributed by atoms with E-state index in [0.29, 0.717) is 0 Å². The van der Waals surface area contributed by atoms with Gasteiger partial charge < -0.3 is 5.32 Å². The minimum atomic E-state index is 0.833. The van der Waals surface area contributed by atoms with Crippen LogP contribution in [0.25, 0.3) is 10.8 Å². The van der Waals surface area contributed by atoms with Gasteiger partial charge in [-0.25, -0.2) is 0 Å². The molecule has 1 heterocycles. The van der Waals surface area contributed by atoms with Gasteiger partial charge in [-0.15, -0.1) is 10.2 Å². The molecule has 0 amide bonds. The Bertz CT molecular complexity index is 1050. The number of rotatable bonds is 5. The minimum Gasteiger partial charge on any atom is -0.330 e. The van der Waals surface area contributed by atoms with E-state index in [1.54, 1.807) is 23.1 Å². The van der Waals surface area contributed by atoms with E-state index < -0.39 is 0 Å². The van der Waals surface area contributed by atoms with E-state index >= 15 is 0 Å². The molecule has 26 heavy (non-hydrogen) atoms. The lowest BCUT2D eigenvalue weighted by Gasteiger charge is -2.08. The van der Waals surface area contributed by atoms with E-state index in [1.807, 2.05) is 0 Å². The van der Waals surface area contributed by atoms with Crippen LogP contribution in [-0.2, 0) is 5.75 Å². The van der Waals surface area contributed by atoms with Crippen LogP contribution in [0.5, 0.6) is 0 Å². The van der Waals surface area contributed by atoms with Gasteiger partial charge in [0.2, 0.25) is 5.13 Å². The zero-order valence-electron chi connectivity index (χ0n) is 14.7. The molecule has 130 valence electrons. The topological polar surface area (TPSA) is 37.8 Å². The van der Waals surface area contributed by atoms with Gasteiger partial charge in [0.15, 0.2) is 4.34 Å². The number of aryl methyl sites for hydroxylation is 1. The van der Waals surface area contributed by atoms with Crippen LogP contribution in [0.1, 0.15) is 16.7 Å². The highest BCUT2D eigenvalue weighted by atomic mass is 32.2. The van der Waals surface area contributed by atoms with Gasteiger partial charge in [0.25, 0.3) is 0 Å². The molecule has 3 nitrogen and oxygen atoms in total. The summed E-state index contributed by atoms with van der Waals surface area (Å²) in [5.74, 6) is 0.888. The van der Waals surface area contributed by atoms with Crippen molar-refractivity contribution in [2.45, 2.75) is 23.9 Å². The minimum absolute atomic E-state index is 0.833. The lowest BCUT2D eigenvalue weighted by atomic mass is 10.1. The fourth-order valence-corrected chi connectivity index (χ4v) is 4.65. The van der Waals surface area contributed by atoms with Crippen LogP contribution in [0.15, 0.2) is 65.0 Å². The average molecular weight is 378 g/mol. The molecule has 3 aromatic carbocycles. The first-order valence-corrected chi connectivity index (χ1v) is 10.3. The van der Waals surface area contributed by atoms with Crippen molar-refractivity contribution in [1.29, 1.82) is 0 Å². The van der Waals surface area contributed by atoms with Crippen molar-refractivity contribution < 1.29 is 0 Å². The Labute approximate surface area is 161 Å². The summed E-state index contributed by atoms with van der Waals surface area (Å²) in [4.78, 5) is 0. The molecule has 0 spiro atoms.